The molecule has 1 aromatic carbocycles. The highest BCUT2D eigenvalue weighted by Gasteiger charge is 2.27. The van der Waals surface area contributed by atoms with Crippen molar-refractivity contribution >= 4 is 33.3 Å². The number of carbonyl (C=O) groups is 1. The molecule has 0 aliphatic carbocycles. The third kappa shape index (κ3) is 5.23. The summed E-state index contributed by atoms with van der Waals surface area (Å²) in [7, 11) is -3.84. The van der Waals surface area contributed by atoms with Crippen molar-refractivity contribution in [1.82, 2.24) is 24.1 Å². The van der Waals surface area contributed by atoms with E-state index in [4.69, 9.17) is 11.6 Å². The van der Waals surface area contributed by atoms with E-state index in [9.17, 15) is 13.2 Å². The number of anilines is 1. The van der Waals surface area contributed by atoms with Crippen LogP contribution in [0.4, 0.5) is 5.82 Å². The van der Waals surface area contributed by atoms with Gasteiger partial charge in [0.15, 0.2) is 0 Å². The van der Waals surface area contributed by atoms with Gasteiger partial charge in [-0.1, -0.05) is 46.2 Å². The number of sulfonamides is 1. The first-order chi connectivity index (χ1) is 15.5. The van der Waals surface area contributed by atoms with Crippen LogP contribution >= 0.6 is 11.6 Å². The monoisotopic (exact) mass is 490 g/mol. The summed E-state index contributed by atoms with van der Waals surface area (Å²) in [4.78, 5) is 21.4. The van der Waals surface area contributed by atoms with Crippen molar-refractivity contribution in [2.24, 2.45) is 0 Å². The molecule has 2 aromatic heterocycles. The number of nitrogens with zero attached hydrogens (tertiary/aromatic N) is 5. The molecule has 11 heteroatoms. The van der Waals surface area contributed by atoms with Crippen LogP contribution in [0.1, 0.15) is 50.7 Å². The fourth-order valence-electron chi connectivity index (χ4n) is 3.12. The van der Waals surface area contributed by atoms with E-state index in [0.29, 0.717) is 11.8 Å². The van der Waals surface area contributed by atoms with Gasteiger partial charge in [-0.05, 0) is 24.3 Å². The van der Waals surface area contributed by atoms with Gasteiger partial charge >= 0.3 is 0 Å². The zero-order valence-electron chi connectivity index (χ0n) is 19.2. The van der Waals surface area contributed by atoms with Gasteiger partial charge in [0.2, 0.25) is 10.0 Å². The lowest BCUT2D eigenvalue weighted by molar-refractivity contribution is 0.102. The first-order valence-corrected chi connectivity index (χ1v) is 12.3. The van der Waals surface area contributed by atoms with Crippen LogP contribution in [-0.4, -0.2) is 51.5 Å². The highest BCUT2D eigenvalue weighted by atomic mass is 35.5. The summed E-state index contributed by atoms with van der Waals surface area (Å²) in [5.41, 5.74) is 0.584. The molecular weight excluding hydrogens is 464 g/mol. The number of amides is 1. The van der Waals surface area contributed by atoms with Crippen molar-refractivity contribution < 1.29 is 13.2 Å². The van der Waals surface area contributed by atoms with Crippen LogP contribution < -0.4 is 5.32 Å². The molecule has 0 bridgehead atoms. The Morgan fingerprint density at radius 2 is 1.76 bits per heavy atom. The maximum Gasteiger partial charge on any atom is 0.256 e. The zero-order valence-corrected chi connectivity index (χ0v) is 20.8. The molecule has 2 heterocycles. The van der Waals surface area contributed by atoms with E-state index in [0.717, 1.165) is 5.69 Å². The molecule has 1 amide bonds. The van der Waals surface area contributed by atoms with Gasteiger partial charge in [0.25, 0.3) is 11.9 Å². The SMILES string of the molecule is CCN(CC)S(=O)(=O)c1cc(C(=O)Nc2cc(C(C)(C)C)nn2-c2ncccn2)ccc1Cl. The number of hydrogen-bond acceptors (Lipinski definition) is 6. The van der Waals surface area contributed by atoms with Gasteiger partial charge in [0.1, 0.15) is 10.7 Å². The van der Waals surface area contributed by atoms with Gasteiger partial charge in [-0.15, -0.1) is 0 Å². The van der Waals surface area contributed by atoms with Crippen LogP contribution in [0.15, 0.2) is 47.6 Å². The van der Waals surface area contributed by atoms with Crippen molar-refractivity contribution in [3.63, 3.8) is 0 Å². The number of aromatic nitrogens is 4. The minimum absolute atomic E-state index is 0.0520. The van der Waals surface area contributed by atoms with Crippen molar-refractivity contribution in [1.29, 1.82) is 0 Å². The first-order valence-electron chi connectivity index (χ1n) is 10.5. The molecule has 0 spiro atoms. The van der Waals surface area contributed by atoms with E-state index in [2.05, 4.69) is 20.4 Å². The molecule has 0 radical (unpaired) electrons. The summed E-state index contributed by atoms with van der Waals surface area (Å²) >= 11 is 6.19. The summed E-state index contributed by atoms with van der Waals surface area (Å²) in [5.74, 6) is 0.142. The van der Waals surface area contributed by atoms with Gasteiger partial charge in [-0.25, -0.2) is 18.4 Å². The summed E-state index contributed by atoms with van der Waals surface area (Å²) in [6, 6.07) is 7.60. The normalized spacial score (nSPS) is 12.2. The minimum atomic E-state index is -3.84. The Morgan fingerprint density at radius 3 is 2.33 bits per heavy atom. The number of rotatable bonds is 7. The smallest absolute Gasteiger partial charge is 0.256 e. The largest absolute Gasteiger partial charge is 0.306 e. The Hall–Kier alpha value is -2.82. The molecule has 0 aliphatic heterocycles. The molecule has 1 N–H and O–H groups in total. The molecule has 3 rings (SSSR count). The molecule has 0 aliphatic rings. The van der Waals surface area contributed by atoms with E-state index in [1.54, 1.807) is 38.4 Å². The number of halogens is 1. The molecule has 0 unspecified atom stereocenters. The topological polar surface area (TPSA) is 110 Å². The number of carbonyl (C=O) groups excluding carboxylic acids is 1. The Morgan fingerprint density at radius 1 is 1.12 bits per heavy atom. The first kappa shape index (κ1) is 24.8. The second-order valence-electron chi connectivity index (χ2n) is 8.31. The summed E-state index contributed by atoms with van der Waals surface area (Å²) in [6.07, 6.45) is 3.16. The van der Waals surface area contributed by atoms with Gasteiger partial charge in [-0.2, -0.15) is 14.1 Å². The number of nitrogens with one attached hydrogen (secondary N) is 1. The van der Waals surface area contributed by atoms with Crippen molar-refractivity contribution in [3.05, 3.63) is 59.0 Å². The Bertz CT molecular complexity index is 1250. The van der Waals surface area contributed by atoms with Gasteiger partial charge in [-0.3, -0.25) is 4.79 Å². The molecular formula is C22H27ClN6O3S. The summed E-state index contributed by atoms with van der Waals surface area (Å²) < 4.78 is 28.7. The highest BCUT2D eigenvalue weighted by molar-refractivity contribution is 7.89. The Labute approximate surface area is 198 Å². The van der Waals surface area contributed by atoms with Crippen LogP contribution in [0.25, 0.3) is 5.95 Å². The predicted molar refractivity (Wildman–Crippen MR) is 127 cm³/mol. The Kier molecular flexibility index (Phi) is 7.20. The molecule has 0 fully saturated rings. The zero-order chi connectivity index (χ0) is 24.4. The predicted octanol–water partition coefficient (Wildman–Crippen LogP) is 3.90. The van der Waals surface area contributed by atoms with Gasteiger partial charge in [0, 0.05) is 42.5 Å². The molecule has 33 heavy (non-hydrogen) atoms. The van der Waals surface area contributed by atoms with Crippen molar-refractivity contribution in [2.75, 3.05) is 18.4 Å². The molecule has 9 nitrogen and oxygen atoms in total. The second-order valence-corrected chi connectivity index (χ2v) is 10.6. The average molecular weight is 491 g/mol. The van der Waals surface area contributed by atoms with Crippen LogP contribution in [0.2, 0.25) is 5.02 Å². The van der Waals surface area contributed by atoms with E-state index >= 15 is 0 Å². The quantitative estimate of drug-likeness (QED) is 0.537. The van der Waals surface area contributed by atoms with Gasteiger partial charge < -0.3 is 5.32 Å². The van der Waals surface area contributed by atoms with E-state index in [1.807, 2.05) is 20.8 Å². The standard InChI is InChI=1S/C22H27ClN6O3S/c1-6-28(7-2)33(31,32)17-13-15(9-10-16(17)23)20(30)26-19-14-18(22(3,4)5)27-29(19)21-24-11-8-12-25-21/h8-14H,6-7H2,1-5H3,(H,26,30). The molecule has 0 saturated carbocycles. The maximum absolute atomic E-state index is 13.1. The van der Waals surface area contributed by atoms with Crippen LogP contribution in [0.5, 0.6) is 0 Å². The van der Waals surface area contributed by atoms with Crippen LogP contribution in [0, 0.1) is 0 Å². The van der Waals surface area contributed by atoms with Crippen LogP contribution in [-0.2, 0) is 15.4 Å². The Balaban J connectivity index is 2.01. The highest BCUT2D eigenvalue weighted by Crippen LogP contribution is 2.28. The second kappa shape index (κ2) is 9.58. The van der Waals surface area contributed by atoms with E-state index in [-0.39, 0.29) is 34.0 Å². The maximum atomic E-state index is 13.1. The minimum Gasteiger partial charge on any atom is -0.306 e. The summed E-state index contributed by atoms with van der Waals surface area (Å²) in [6.45, 7) is 10.1. The molecule has 176 valence electrons. The number of benzene rings is 1. The lowest BCUT2D eigenvalue weighted by Crippen LogP contribution is -2.31. The van der Waals surface area contributed by atoms with Crippen molar-refractivity contribution in [3.8, 4) is 5.95 Å². The fraction of sp³-hybridized carbons (Fsp3) is 0.364. The molecule has 0 atom stereocenters. The lowest BCUT2D eigenvalue weighted by Gasteiger charge is -2.19. The fourth-order valence-corrected chi connectivity index (χ4v) is 5.08. The van der Waals surface area contributed by atoms with E-state index in [1.165, 1.54) is 27.2 Å². The van der Waals surface area contributed by atoms with E-state index < -0.39 is 15.9 Å². The van der Waals surface area contributed by atoms with Gasteiger partial charge in [0.05, 0.1) is 10.7 Å². The lowest BCUT2D eigenvalue weighted by atomic mass is 9.92. The third-order valence-electron chi connectivity index (χ3n) is 4.98. The number of hydrogen-bond donors (Lipinski definition) is 1. The molecule has 0 saturated heterocycles. The van der Waals surface area contributed by atoms with Crippen molar-refractivity contribution in [2.45, 2.75) is 44.9 Å². The van der Waals surface area contributed by atoms with Crippen LogP contribution in [0.3, 0.4) is 0 Å². The average Bonchev–Trinajstić information content (AvgIpc) is 3.19. The third-order valence-corrected chi connectivity index (χ3v) is 7.51. The molecule has 3 aromatic rings. The summed E-state index contributed by atoms with van der Waals surface area (Å²) in [5, 5.41) is 7.42.